The summed E-state index contributed by atoms with van der Waals surface area (Å²) in [5, 5.41) is 12.0. The number of carboxylic acids is 1. The van der Waals surface area contributed by atoms with Crippen LogP contribution in [0.15, 0.2) is 16.5 Å². The molecule has 0 fully saturated rings. The summed E-state index contributed by atoms with van der Waals surface area (Å²) in [5.74, 6) is 0.205. The van der Waals surface area contributed by atoms with Gasteiger partial charge in [-0.3, -0.25) is 0 Å². The summed E-state index contributed by atoms with van der Waals surface area (Å²) in [6.45, 7) is 8.39. The first-order chi connectivity index (χ1) is 9.00. The number of hydrogen-bond donors (Lipinski definition) is 2. The Morgan fingerprint density at radius 3 is 2.68 bits per heavy atom. The van der Waals surface area contributed by atoms with Crippen molar-refractivity contribution in [2.45, 2.75) is 33.2 Å². The number of ether oxygens (including phenoxy) is 1. The zero-order valence-corrected chi connectivity index (χ0v) is 11.8. The Kier molecular flexibility index (Phi) is 6.59. The molecule has 1 rings (SSSR count). The number of aromatic carboxylic acids is 1. The Balaban J connectivity index is 2.20. The van der Waals surface area contributed by atoms with Gasteiger partial charge in [-0.1, -0.05) is 13.8 Å². The van der Waals surface area contributed by atoms with Gasteiger partial charge in [0.2, 0.25) is 5.76 Å². The highest BCUT2D eigenvalue weighted by atomic mass is 16.5. The number of carbonyl (C=O) groups is 1. The van der Waals surface area contributed by atoms with Gasteiger partial charge in [-0.25, -0.2) is 4.79 Å². The summed E-state index contributed by atoms with van der Waals surface area (Å²) in [6, 6.07) is 3.12. The lowest BCUT2D eigenvalue weighted by atomic mass is 10.1. The van der Waals surface area contributed by atoms with Gasteiger partial charge >= 0.3 is 5.97 Å². The third-order valence-corrected chi connectivity index (χ3v) is 2.80. The van der Waals surface area contributed by atoms with E-state index in [0.717, 1.165) is 13.0 Å². The molecule has 0 amide bonds. The molecule has 0 aliphatic heterocycles. The molecule has 5 heteroatoms. The lowest BCUT2D eigenvalue weighted by molar-refractivity contribution is 0.0659. The van der Waals surface area contributed by atoms with Crippen LogP contribution in [0.4, 0.5) is 0 Å². The van der Waals surface area contributed by atoms with Crippen molar-refractivity contribution in [1.29, 1.82) is 0 Å². The molecule has 0 aliphatic rings. The Labute approximate surface area is 113 Å². The molecule has 1 unspecified atom stereocenters. The first-order valence-electron chi connectivity index (χ1n) is 6.65. The van der Waals surface area contributed by atoms with Gasteiger partial charge in [0, 0.05) is 13.2 Å². The van der Waals surface area contributed by atoms with Crippen LogP contribution in [-0.2, 0) is 4.74 Å². The summed E-state index contributed by atoms with van der Waals surface area (Å²) >= 11 is 0. The summed E-state index contributed by atoms with van der Waals surface area (Å²) in [4.78, 5) is 10.7. The van der Waals surface area contributed by atoms with Crippen LogP contribution in [0.1, 0.15) is 49.5 Å². The summed E-state index contributed by atoms with van der Waals surface area (Å²) in [6.07, 6.45) is 1.07. The highest BCUT2D eigenvalue weighted by Crippen LogP contribution is 2.15. The quantitative estimate of drug-likeness (QED) is 0.674. The monoisotopic (exact) mass is 269 g/mol. The molecule has 0 saturated heterocycles. The van der Waals surface area contributed by atoms with Crippen molar-refractivity contribution in [3.63, 3.8) is 0 Å². The van der Waals surface area contributed by atoms with Gasteiger partial charge in [0.1, 0.15) is 5.76 Å². The normalized spacial score (nSPS) is 12.8. The molecular formula is C14H23NO4. The van der Waals surface area contributed by atoms with Gasteiger partial charge in [-0.05, 0) is 31.4 Å². The third kappa shape index (κ3) is 5.89. The largest absolute Gasteiger partial charge is 0.475 e. The summed E-state index contributed by atoms with van der Waals surface area (Å²) < 4.78 is 10.7. The van der Waals surface area contributed by atoms with Gasteiger partial charge in [-0.15, -0.1) is 0 Å². The summed E-state index contributed by atoms with van der Waals surface area (Å²) in [5.41, 5.74) is 0. The van der Waals surface area contributed by atoms with Gasteiger partial charge in [0.05, 0.1) is 12.6 Å². The summed E-state index contributed by atoms with van der Waals surface area (Å²) in [7, 11) is 0. The van der Waals surface area contributed by atoms with E-state index in [-0.39, 0.29) is 11.8 Å². The molecule has 0 bridgehead atoms. The van der Waals surface area contributed by atoms with Gasteiger partial charge in [0.15, 0.2) is 0 Å². The van der Waals surface area contributed by atoms with Crippen LogP contribution in [0, 0.1) is 5.92 Å². The molecule has 0 aromatic carbocycles. The Hall–Kier alpha value is -1.33. The molecule has 1 aromatic rings. The molecule has 2 N–H and O–H groups in total. The van der Waals surface area contributed by atoms with Crippen LogP contribution in [0.5, 0.6) is 0 Å². The molecule has 19 heavy (non-hydrogen) atoms. The molecule has 5 nitrogen and oxygen atoms in total. The van der Waals surface area contributed by atoms with E-state index in [1.54, 1.807) is 6.07 Å². The van der Waals surface area contributed by atoms with Crippen LogP contribution >= 0.6 is 0 Å². The van der Waals surface area contributed by atoms with Gasteiger partial charge in [0.25, 0.3) is 0 Å². The molecule has 0 saturated carbocycles. The zero-order valence-electron chi connectivity index (χ0n) is 11.8. The van der Waals surface area contributed by atoms with Crippen molar-refractivity contribution in [2.75, 3.05) is 19.8 Å². The number of hydrogen-bond acceptors (Lipinski definition) is 4. The number of nitrogens with one attached hydrogen (secondary N) is 1. The average molecular weight is 269 g/mol. The second-order valence-corrected chi connectivity index (χ2v) is 4.98. The van der Waals surface area contributed by atoms with E-state index in [2.05, 4.69) is 19.2 Å². The van der Waals surface area contributed by atoms with E-state index >= 15 is 0 Å². The zero-order chi connectivity index (χ0) is 14.3. The minimum Gasteiger partial charge on any atom is -0.475 e. The fraction of sp³-hybridized carbons (Fsp3) is 0.643. The minimum atomic E-state index is -1.05. The first-order valence-corrected chi connectivity index (χ1v) is 6.65. The molecule has 1 atom stereocenters. The van der Waals surface area contributed by atoms with Crippen LogP contribution in [0.3, 0.4) is 0 Å². The average Bonchev–Trinajstić information content (AvgIpc) is 2.82. The standard InChI is InChI=1S/C14H23NO4/c1-10(2)6-8-18-9-7-15-11(3)12-4-5-13(19-12)14(16)17/h4-5,10-11,15H,6-9H2,1-3H3,(H,16,17). The maximum absolute atomic E-state index is 10.7. The molecule has 108 valence electrons. The highest BCUT2D eigenvalue weighted by Gasteiger charge is 2.13. The number of rotatable bonds is 9. The van der Waals surface area contributed by atoms with E-state index < -0.39 is 5.97 Å². The fourth-order valence-electron chi connectivity index (χ4n) is 1.57. The van der Waals surface area contributed by atoms with Crippen molar-refractivity contribution in [2.24, 2.45) is 5.92 Å². The van der Waals surface area contributed by atoms with Crippen molar-refractivity contribution >= 4 is 5.97 Å². The van der Waals surface area contributed by atoms with Gasteiger partial charge in [-0.2, -0.15) is 0 Å². The van der Waals surface area contributed by atoms with Crippen molar-refractivity contribution in [1.82, 2.24) is 5.32 Å². The fourth-order valence-corrected chi connectivity index (χ4v) is 1.57. The Morgan fingerprint density at radius 2 is 2.11 bits per heavy atom. The number of carboxylic acid groups (broad SMARTS) is 1. The van der Waals surface area contributed by atoms with E-state index in [0.29, 0.717) is 24.8 Å². The van der Waals surface area contributed by atoms with Crippen LogP contribution in [-0.4, -0.2) is 30.8 Å². The molecule has 0 spiro atoms. The molecule has 0 radical (unpaired) electrons. The SMILES string of the molecule is CC(C)CCOCCNC(C)c1ccc(C(=O)O)o1. The Morgan fingerprint density at radius 1 is 1.37 bits per heavy atom. The first kappa shape index (κ1) is 15.7. The predicted octanol–water partition coefficient (Wildman–Crippen LogP) is 2.69. The smallest absolute Gasteiger partial charge is 0.371 e. The van der Waals surface area contributed by atoms with Gasteiger partial charge < -0.3 is 19.6 Å². The number of furan rings is 1. The molecule has 1 aromatic heterocycles. The van der Waals surface area contributed by atoms with Crippen LogP contribution in [0.25, 0.3) is 0 Å². The second-order valence-electron chi connectivity index (χ2n) is 4.98. The van der Waals surface area contributed by atoms with Crippen LogP contribution in [0.2, 0.25) is 0 Å². The van der Waals surface area contributed by atoms with Crippen molar-refractivity contribution in [3.8, 4) is 0 Å². The van der Waals surface area contributed by atoms with E-state index in [4.69, 9.17) is 14.3 Å². The lowest BCUT2D eigenvalue weighted by Crippen LogP contribution is -2.23. The topological polar surface area (TPSA) is 71.7 Å². The van der Waals surface area contributed by atoms with Crippen LogP contribution < -0.4 is 5.32 Å². The molecule has 1 heterocycles. The van der Waals surface area contributed by atoms with E-state index in [1.807, 2.05) is 6.92 Å². The second kappa shape index (κ2) is 7.96. The lowest BCUT2D eigenvalue weighted by Gasteiger charge is -2.12. The molecular weight excluding hydrogens is 246 g/mol. The maximum atomic E-state index is 10.7. The third-order valence-electron chi connectivity index (χ3n) is 2.80. The van der Waals surface area contributed by atoms with Crippen molar-refractivity contribution in [3.05, 3.63) is 23.7 Å². The highest BCUT2D eigenvalue weighted by molar-refractivity contribution is 5.84. The van der Waals surface area contributed by atoms with E-state index in [9.17, 15) is 4.79 Å². The molecule has 0 aliphatic carbocycles. The predicted molar refractivity (Wildman–Crippen MR) is 72.4 cm³/mol. The maximum Gasteiger partial charge on any atom is 0.371 e. The van der Waals surface area contributed by atoms with E-state index in [1.165, 1.54) is 6.07 Å². The Bertz CT molecular complexity index is 387. The van der Waals surface area contributed by atoms with Crippen molar-refractivity contribution < 1.29 is 19.1 Å². The minimum absolute atomic E-state index is 0.0261.